The van der Waals surface area contributed by atoms with E-state index in [4.69, 9.17) is 9.47 Å². The highest BCUT2D eigenvalue weighted by molar-refractivity contribution is 5.43. The van der Waals surface area contributed by atoms with E-state index in [-0.39, 0.29) is 12.1 Å². The standard InChI is InChI=1S/C18H27NO3/c20-16-7-3-1-2-6-15(16)19-13-14-8-9-17-18(12-14)22-11-5-4-10-21-17/h8-9,12,15-16,19-20H,1-7,10-11,13H2/t15-,16-/m1/s1. The number of hydrogen-bond acceptors (Lipinski definition) is 4. The van der Waals surface area contributed by atoms with Gasteiger partial charge in [0.1, 0.15) is 0 Å². The van der Waals surface area contributed by atoms with Gasteiger partial charge in [-0.15, -0.1) is 0 Å². The fourth-order valence-corrected chi connectivity index (χ4v) is 3.24. The van der Waals surface area contributed by atoms with E-state index in [1.165, 1.54) is 18.4 Å². The Morgan fingerprint density at radius 1 is 0.955 bits per heavy atom. The molecule has 4 nitrogen and oxygen atoms in total. The van der Waals surface area contributed by atoms with E-state index in [1.807, 2.05) is 6.07 Å². The zero-order valence-corrected chi connectivity index (χ0v) is 13.2. The van der Waals surface area contributed by atoms with Crippen molar-refractivity contribution in [2.75, 3.05) is 13.2 Å². The molecule has 0 radical (unpaired) electrons. The average Bonchev–Trinajstić information content (AvgIpc) is 2.71. The van der Waals surface area contributed by atoms with Gasteiger partial charge in [0.05, 0.1) is 19.3 Å². The van der Waals surface area contributed by atoms with Gasteiger partial charge < -0.3 is 19.9 Å². The highest BCUT2D eigenvalue weighted by Gasteiger charge is 2.21. The first-order valence-corrected chi connectivity index (χ1v) is 8.63. The zero-order chi connectivity index (χ0) is 15.2. The molecule has 0 spiro atoms. The number of rotatable bonds is 3. The fourth-order valence-electron chi connectivity index (χ4n) is 3.24. The van der Waals surface area contributed by atoms with Gasteiger partial charge in [-0.1, -0.05) is 25.3 Å². The van der Waals surface area contributed by atoms with Gasteiger partial charge in [-0.3, -0.25) is 0 Å². The zero-order valence-electron chi connectivity index (χ0n) is 13.2. The molecule has 2 aliphatic rings. The Kier molecular flexibility index (Phi) is 5.57. The second-order valence-electron chi connectivity index (χ2n) is 6.38. The number of ether oxygens (including phenoxy) is 2. The molecule has 1 aliphatic carbocycles. The molecule has 0 unspecified atom stereocenters. The molecule has 2 atom stereocenters. The van der Waals surface area contributed by atoms with Crippen molar-refractivity contribution in [1.82, 2.24) is 5.32 Å². The van der Waals surface area contributed by atoms with Crippen molar-refractivity contribution in [1.29, 1.82) is 0 Å². The van der Waals surface area contributed by atoms with E-state index < -0.39 is 0 Å². The lowest BCUT2D eigenvalue weighted by Gasteiger charge is -2.22. The van der Waals surface area contributed by atoms with Crippen molar-refractivity contribution in [3.63, 3.8) is 0 Å². The highest BCUT2D eigenvalue weighted by Crippen LogP contribution is 2.30. The van der Waals surface area contributed by atoms with Crippen LogP contribution in [-0.4, -0.2) is 30.5 Å². The topological polar surface area (TPSA) is 50.7 Å². The van der Waals surface area contributed by atoms with Gasteiger partial charge in [-0.25, -0.2) is 0 Å². The predicted octanol–water partition coefficient (Wildman–Crippen LogP) is 3.02. The van der Waals surface area contributed by atoms with E-state index in [1.54, 1.807) is 0 Å². The molecule has 3 rings (SSSR count). The van der Waals surface area contributed by atoms with Crippen molar-refractivity contribution in [2.45, 2.75) is 63.6 Å². The second-order valence-corrected chi connectivity index (χ2v) is 6.38. The molecule has 0 bridgehead atoms. The lowest BCUT2D eigenvalue weighted by Crippen LogP contribution is -2.38. The third-order valence-electron chi connectivity index (χ3n) is 4.61. The number of nitrogens with one attached hydrogen (secondary N) is 1. The third kappa shape index (κ3) is 4.14. The Morgan fingerprint density at radius 3 is 2.59 bits per heavy atom. The van der Waals surface area contributed by atoms with E-state index in [0.29, 0.717) is 0 Å². The summed E-state index contributed by atoms with van der Waals surface area (Å²) in [4.78, 5) is 0. The molecule has 4 heteroatoms. The van der Waals surface area contributed by atoms with Crippen LogP contribution in [0.25, 0.3) is 0 Å². The van der Waals surface area contributed by atoms with Gasteiger partial charge >= 0.3 is 0 Å². The molecule has 1 aromatic carbocycles. The van der Waals surface area contributed by atoms with E-state index in [0.717, 1.165) is 63.4 Å². The normalized spacial score (nSPS) is 25.9. The number of hydrogen-bond donors (Lipinski definition) is 2. The molecule has 0 amide bonds. The molecule has 1 aromatic rings. The van der Waals surface area contributed by atoms with Crippen LogP contribution >= 0.6 is 0 Å². The Balaban J connectivity index is 1.61. The van der Waals surface area contributed by atoms with Crippen LogP contribution in [0.2, 0.25) is 0 Å². The summed E-state index contributed by atoms with van der Waals surface area (Å²) < 4.78 is 11.5. The maximum absolute atomic E-state index is 10.2. The Hall–Kier alpha value is -1.26. The van der Waals surface area contributed by atoms with Gasteiger partial charge in [0.15, 0.2) is 11.5 Å². The summed E-state index contributed by atoms with van der Waals surface area (Å²) in [5, 5.41) is 13.7. The minimum atomic E-state index is -0.216. The lowest BCUT2D eigenvalue weighted by atomic mass is 10.1. The summed E-state index contributed by atoms with van der Waals surface area (Å²) in [5.74, 6) is 1.69. The van der Waals surface area contributed by atoms with Crippen LogP contribution in [0.3, 0.4) is 0 Å². The molecule has 122 valence electrons. The average molecular weight is 305 g/mol. The molecule has 0 saturated heterocycles. The number of benzene rings is 1. The fraction of sp³-hybridized carbons (Fsp3) is 0.667. The number of fused-ring (bicyclic) bond motifs is 1. The van der Waals surface area contributed by atoms with E-state index in [2.05, 4.69) is 17.4 Å². The molecule has 0 aromatic heterocycles. The van der Waals surface area contributed by atoms with Gasteiger partial charge in [0, 0.05) is 12.6 Å². The molecule has 1 aliphatic heterocycles. The molecule has 1 fully saturated rings. The summed E-state index contributed by atoms with van der Waals surface area (Å²) >= 11 is 0. The first kappa shape index (κ1) is 15.6. The Bertz CT molecular complexity index is 477. The van der Waals surface area contributed by atoms with Crippen molar-refractivity contribution in [2.24, 2.45) is 0 Å². The third-order valence-corrected chi connectivity index (χ3v) is 4.61. The summed E-state index contributed by atoms with van der Waals surface area (Å²) in [7, 11) is 0. The van der Waals surface area contributed by atoms with Gasteiger partial charge in [0.25, 0.3) is 0 Å². The molecular weight excluding hydrogens is 278 g/mol. The first-order valence-electron chi connectivity index (χ1n) is 8.63. The van der Waals surface area contributed by atoms with E-state index >= 15 is 0 Å². The largest absolute Gasteiger partial charge is 0.490 e. The highest BCUT2D eigenvalue weighted by atomic mass is 16.5. The summed E-state index contributed by atoms with van der Waals surface area (Å²) in [6.07, 6.45) is 7.42. The minimum Gasteiger partial charge on any atom is -0.490 e. The first-order chi connectivity index (χ1) is 10.8. The summed E-state index contributed by atoms with van der Waals surface area (Å²) in [5.41, 5.74) is 1.18. The van der Waals surface area contributed by atoms with Crippen molar-refractivity contribution in [3.8, 4) is 11.5 Å². The maximum Gasteiger partial charge on any atom is 0.161 e. The molecule has 22 heavy (non-hydrogen) atoms. The van der Waals surface area contributed by atoms with Crippen molar-refractivity contribution < 1.29 is 14.6 Å². The van der Waals surface area contributed by atoms with E-state index in [9.17, 15) is 5.11 Å². The quantitative estimate of drug-likeness (QED) is 0.843. The van der Waals surface area contributed by atoms with Gasteiger partial charge in [0.2, 0.25) is 0 Å². The monoisotopic (exact) mass is 305 g/mol. The van der Waals surface area contributed by atoms with Crippen LogP contribution in [0.5, 0.6) is 11.5 Å². The van der Waals surface area contributed by atoms with Crippen molar-refractivity contribution >= 4 is 0 Å². The van der Waals surface area contributed by atoms with Crippen LogP contribution in [-0.2, 0) is 6.54 Å². The molecule has 1 saturated carbocycles. The summed E-state index contributed by atoms with van der Waals surface area (Å²) in [6, 6.07) is 6.36. The van der Waals surface area contributed by atoms with Gasteiger partial charge in [-0.05, 0) is 43.4 Å². The molecule has 2 N–H and O–H groups in total. The smallest absolute Gasteiger partial charge is 0.161 e. The summed E-state index contributed by atoms with van der Waals surface area (Å²) in [6.45, 7) is 2.29. The second kappa shape index (κ2) is 7.84. The van der Waals surface area contributed by atoms with Crippen LogP contribution in [0.4, 0.5) is 0 Å². The van der Waals surface area contributed by atoms with Crippen molar-refractivity contribution in [3.05, 3.63) is 23.8 Å². The minimum absolute atomic E-state index is 0.210. The lowest BCUT2D eigenvalue weighted by molar-refractivity contribution is 0.119. The molecule has 1 heterocycles. The Labute approximate surface area is 132 Å². The maximum atomic E-state index is 10.2. The van der Waals surface area contributed by atoms with Crippen LogP contribution in [0, 0.1) is 0 Å². The number of aliphatic hydroxyl groups excluding tert-OH is 1. The van der Waals surface area contributed by atoms with Crippen LogP contribution in [0.1, 0.15) is 50.5 Å². The SMILES string of the molecule is O[C@@H]1CCCCC[C@H]1NCc1ccc2c(c1)OCCCCO2. The molecular formula is C18H27NO3. The number of aliphatic hydroxyl groups is 1. The van der Waals surface area contributed by atoms with Crippen LogP contribution < -0.4 is 14.8 Å². The Morgan fingerprint density at radius 2 is 1.73 bits per heavy atom. The van der Waals surface area contributed by atoms with Crippen LogP contribution in [0.15, 0.2) is 18.2 Å². The van der Waals surface area contributed by atoms with Gasteiger partial charge in [-0.2, -0.15) is 0 Å². The predicted molar refractivity (Wildman–Crippen MR) is 86.4 cm³/mol.